The second kappa shape index (κ2) is 3.74. The molecule has 2 rings (SSSR count). The van der Waals surface area contributed by atoms with Crippen LogP contribution < -0.4 is 5.43 Å². The van der Waals surface area contributed by atoms with Crippen LogP contribution in [0.3, 0.4) is 0 Å². The smallest absolute Gasteiger partial charge is 0.193 e. The lowest BCUT2D eigenvalue weighted by Crippen LogP contribution is -2.14. The van der Waals surface area contributed by atoms with Crippen LogP contribution >= 0.6 is 0 Å². The predicted octanol–water partition coefficient (Wildman–Crippen LogP) is 3.10. The van der Waals surface area contributed by atoms with E-state index in [0.29, 0.717) is 10.9 Å². The number of H-pyrrole nitrogens is 1. The van der Waals surface area contributed by atoms with Gasteiger partial charge in [-0.05, 0) is 31.0 Å². The van der Waals surface area contributed by atoms with Gasteiger partial charge in [0.05, 0.1) is 5.52 Å². The fraction of sp³-hybridized carbons (Fsp3) is 0.308. The number of benzene rings is 1. The summed E-state index contributed by atoms with van der Waals surface area (Å²) in [6.45, 7) is 5.81. The molecule has 0 radical (unpaired) electrons. The van der Waals surface area contributed by atoms with Gasteiger partial charge in [-0.25, -0.2) is 4.39 Å². The quantitative estimate of drug-likeness (QED) is 0.785. The zero-order valence-corrected chi connectivity index (χ0v) is 9.60. The van der Waals surface area contributed by atoms with Crippen molar-refractivity contribution in [1.82, 2.24) is 4.98 Å². The van der Waals surface area contributed by atoms with Crippen LogP contribution in [0.2, 0.25) is 0 Å². The van der Waals surface area contributed by atoms with Gasteiger partial charge < -0.3 is 4.98 Å². The maximum Gasteiger partial charge on any atom is 0.193 e. The van der Waals surface area contributed by atoms with Gasteiger partial charge in [0.15, 0.2) is 5.43 Å². The van der Waals surface area contributed by atoms with E-state index in [1.165, 1.54) is 18.2 Å². The van der Waals surface area contributed by atoms with Gasteiger partial charge in [0.2, 0.25) is 0 Å². The van der Waals surface area contributed by atoms with Crippen molar-refractivity contribution in [3.8, 4) is 0 Å². The average molecular weight is 219 g/mol. The Morgan fingerprint density at radius 1 is 1.31 bits per heavy atom. The number of hydrogen-bond donors (Lipinski definition) is 1. The highest BCUT2D eigenvalue weighted by molar-refractivity contribution is 5.79. The summed E-state index contributed by atoms with van der Waals surface area (Å²) < 4.78 is 13.0. The fourth-order valence-corrected chi connectivity index (χ4v) is 2.10. The molecular weight excluding hydrogens is 205 g/mol. The molecule has 0 amide bonds. The van der Waals surface area contributed by atoms with Gasteiger partial charge in [0, 0.05) is 16.6 Å². The van der Waals surface area contributed by atoms with Gasteiger partial charge in [-0.2, -0.15) is 0 Å². The number of nitrogens with one attached hydrogen (secondary N) is 1. The van der Waals surface area contributed by atoms with Gasteiger partial charge in [-0.3, -0.25) is 4.79 Å². The minimum Gasteiger partial charge on any atom is -0.358 e. The van der Waals surface area contributed by atoms with Crippen LogP contribution in [0.15, 0.2) is 23.0 Å². The van der Waals surface area contributed by atoms with Crippen molar-refractivity contribution in [1.29, 1.82) is 0 Å². The molecule has 0 saturated carbocycles. The molecule has 16 heavy (non-hydrogen) atoms. The Kier molecular flexibility index (Phi) is 2.54. The lowest BCUT2D eigenvalue weighted by Gasteiger charge is -2.10. The van der Waals surface area contributed by atoms with Gasteiger partial charge in [0.25, 0.3) is 0 Å². The Hall–Kier alpha value is -1.64. The zero-order valence-electron chi connectivity index (χ0n) is 9.60. The molecule has 0 bridgehead atoms. The van der Waals surface area contributed by atoms with Crippen LogP contribution in [0, 0.1) is 12.7 Å². The van der Waals surface area contributed by atoms with E-state index in [1.54, 1.807) is 0 Å². The van der Waals surface area contributed by atoms with Crippen LogP contribution in [-0.4, -0.2) is 4.98 Å². The third-order valence-corrected chi connectivity index (χ3v) is 2.77. The molecule has 1 N–H and O–H groups in total. The SMILES string of the molecule is Cc1[nH]c2cc(F)ccc2c(=O)c1C(C)C. The van der Waals surface area contributed by atoms with E-state index in [4.69, 9.17) is 0 Å². The number of aromatic amines is 1. The molecular formula is C13H14FNO. The topological polar surface area (TPSA) is 32.9 Å². The molecule has 0 aliphatic heterocycles. The zero-order chi connectivity index (χ0) is 11.9. The molecule has 0 aliphatic carbocycles. The van der Waals surface area contributed by atoms with Gasteiger partial charge in [0.1, 0.15) is 5.82 Å². The van der Waals surface area contributed by atoms with Gasteiger partial charge in [-0.15, -0.1) is 0 Å². The molecule has 2 aromatic rings. The van der Waals surface area contributed by atoms with Crippen LogP contribution in [0.1, 0.15) is 31.0 Å². The molecule has 0 fully saturated rings. The maximum absolute atomic E-state index is 13.0. The Balaban J connectivity index is 2.89. The van der Waals surface area contributed by atoms with Gasteiger partial charge in [-0.1, -0.05) is 13.8 Å². The predicted molar refractivity (Wildman–Crippen MR) is 63.4 cm³/mol. The van der Waals surface area contributed by atoms with Crippen molar-refractivity contribution in [2.75, 3.05) is 0 Å². The lowest BCUT2D eigenvalue weighted by atomic mass is 9.99. The van der Waals surface area contributed by atoms with Crippen molar-refractivity contribution in [3.63, 3.8) is 0 Å². The van der Waals surface area contributed by atoms with Crippen LogP contribution in [0.25, 0.3) is 10.9 Å². The highest BCUT2D eigenvalue weighted by atomic mass is 19.1. The molecule has 0 spiro atoms. The Bertz CT molecular complexity index is 599. The number of rotatable bonds is 1. The van der Waals surface area contributed by atoms with Crippen molar-refractivity contribution >= 4 is 10.9 Å². The average Bonchev–Trinajstić information content (AvgIpc) is 2.15. The van der Waals surface area contributed by atoms with E-state index < -0.39 is 0 Å². The Morgan fingerprint density at radius 3 is 2.62 bits per heavy atom. The summed E-state index contributed by atoms with van der Waals surface area (Å²) in [5.74, 6) is -0.168. The van der Waals surface area contributed by atoms with Crippen LogP contribution in [0.5, 0.6) is 0 Å². The van der Waals surface area contributed by atoms with Gasteiger partial charge >= 0.3 is 0 Å². The second-order valence-electron chi connectivity index (χ2n) is 4.34. The van der Waals surface area contributed by atoms with E-state index in [9.17, 15) is 9.18 Å². The Morgan fingerprint density at radius 2 is 2.00 bits per heavy atom. The number of fused-ring (bicyclic) bond motifs is 1. The summed E-state index contributed by atoms with van der Waals surface area (Å²) in [6, 6.07) is 4.21. The molecule has 3 heteroatoms. The summed E-state index contributed by atoms with van der Waals surface area (Å²) >= 11 is 0. The largest absolute Gasteiger partial charge is 0.358 e. The molecule has 84 valence electrons. The molecule has 0 unspecified atom stereocenters. The van der Waals surface area contributed by atoms with Crippen molar-refractivity contribution in [2.24, 2.45) is 0 Å². The summed E-state index contributed by atoms with van der Waals surface area (Å²) in [6.07, 6.45) is 0. The first-order chi connectivity index (χ1) is 7.50. The third kappa shape index (κ3) is 1.62. The standard InChI is InChI=1S/C13H14FNO/c1-7(2)12-8(3)15-11-6-9(14)4-5-10(11)13(12)16/h4-7H,1-3H3,(H,15,16). The van der Waals surface area contributed by atoms with Crippen molar-refractivity contribution in [3.05, 3.63) is 45.5 Å². The summed E-state index contributed by atoms with van der Waals surface area (Å²) in [5, 5.41) is 0.552. The molecule has 1 heterocycles. The molecule has 1 aromatic heterocycles. The van der Waals surface area contributed by atoms with Crippen molar-refractivity contribution < 1.29 is 4.39 Å². The fourth-order valence-electron chi connectivity index (χ4n) is 2.10. The normalized spacial score (nSPS) is 11.3. The first kappa shape index (κ1) is 10.9. The minimum absolute atomic E-state index is 0.00116. The highest BCUT2D eigenvalue weighted by Gasteiger charge is 2.12. The molecule has 0 saturated heterocycles. The first-order valence-corrected chi connectivity index (χ1v) is 5.32. The number of aryl methyl sites for hydroxylation is 1. The summed E-state index contributed by atoms with van der Waals surface area (Å²) in [4.78, 5) is 15.2. The second-order valence-corrected chi connectivity index (χ2v) is 4.34. The molecule has 0 aliphatic rings. The number of halogens is 1. The van der Waals surface area contributed by atoms with Crippen molar-refractivity contribution in [2.45, 2.75) is 26.7 Å². The lowest BCUT2D eigenvalue weighted by molar-refractivity contribution is 0.629. The minimum atomic E-state index is -0.333. The number of hydrogen-bond acceptors (Lipinski definition) is 1. The Labute approximate surface area is 93.1 Å². The third-order valence-electron chi connectivity index (χ3n) is 2.77. The van der Waals surface area contributed by atoms with Crippen LogP contribution in [0.4, 0.5) is 4.39 Å². The number of pyridine rings is 1. The molecule has 0 atom stereocenters. The summed E-state index contributed by atoms with van der Waals surface area (Å²) in [5.41, 5.74) is 2.16. The first-order valence-electron chi connectivity index (χ1n) is 5.32. The monoisotopic (exact) mass is 219 g/mol. The van der Waals surface area contributed by atoms with E-state index in [0.717, 1.165) is 11.3 Å². The number of aromatic nitrogens is 1. The van der Waals surface area contributed by atoms with Crippen LogP contribution in [-0.2, 0) is 0 Å². The highest BCUT2D eigenvalue weighted by Crippen LogP contribution is 2.18. The summed E-state index contributed by atoms with van der Waals surface area (Å²) in [7, 11) is 0. The molecule has 2 nitrogen and oxygen atoms in total. The van der Waals surface area contributed by atoms with E-state index >= 15 is 0 Å². The molecule has 1 aromatic carbocycles. The maximum atomic E-state index is 13.0. The van der Waals surface area contributed by atoms with E-state index in [1.807, 2.05) is 20.8 Å². The van der Waals surface area contributed by atoms with E-state index in [-0.39, 0.29) is 17.2 Å². The van der Waals surface area contributed by atoms with E-state index in [2.05, 4.69) is 4.98 Å².